The van der Waals surface area contributed by atoms with E-state index in [9.17, 15) is 0 Å². The molecular weight excluding hydrogens is 258 g/mol. The summed E-state index contributed by atoms with van der Waals surface area (Å²) in [7, 11) is 2.27. The number of hydrogen-bond acceptors (Lipinski definition) is 3. The van der Waals surface area contributed by atoms with Gasteiger partial charge in [0.15, 0.2) is 0 Å². The Bertz CT molecular complexity index is 377. The average Bonchev–Trinajstić information content (AvgIpc) is 2.47. The van der Waals surface area contributed by atoms with Crippen molar-refractivity contribution in [3.05, 3.63) is 30.1 Å². The zero-order valence-electron chi connectivity index (χ0n) is 13.7. The van der Waals surface area contributed by atoms with Gasteiger partial charge in [-0.15, -0.1) is 0 Å². The van der Waals surface area contributed by atoms with E-state index >= 15 is 0 Å². The minimum absolute atomic E-state index is 0.638. The highest BCUT2D eigenvalue weighted by Crippen LogP contribution is 2.22. The van der Waals surface area contributed by atoms with Crippen molar-refractivity contribution in [3.8, 4) is 0 Å². The molecule has 0 aliphatic heterocycles. The van der Waals surface area contributed by atoms with Gasteiger partial charge in [-0.25, -0.2) is 0 Å². The van der Waals surface area contributed by atoms with Crippen LogP contribution in [0.25, 0.3) is 0 Å². The normalized spacial score (nSPS) is 23.8. The van der Waals surface area contributed by atoms with Crippen LogP contribution >= 0.6 is 0 Å². The van der Waals surface area contributed by atoms with E-state index in [4.69, 9.17) is 0 Å². The summed E-state index contributed by atoms with van der Waals surface area (Å²) >= 11 is 0. The Balaban J connectivity index is 1.99. The van der Waals surface area contributed by atoms with Crippen LogP contribution in [0.3, 0.4) is 0 Å². The van der Waals surface area contributed by atoms with E-state index in [1.807, 2.05) is 12.3 Å². The first-order chi connectivity index (χ1) is 10.3. The van der Waals surface area contributed by atoms with Gasteiger partial charge < -0.3 is 5.32 Å². The minimum Gasteiger partial charge on any atom is -0.312 e. The standard InChI is InChI=1S/C18H31N3/c1-3-13-20-17-11-6-4-5-7-12-18(17)21(2)15-16-10-8-9-14-19-16/h8-10,14,17-18,20H,3-7,11-13,15H2,1-2H3. The predicted molar refractivity (Wildman–Crippen MR) is 89.3 cm³/mol. The second kappa shape index (κ2) is 9.16. The van der Waals surface area contributed by atoms with E-state index in [-0.39, 0.29) is 0 Å². The molecule has 1 aromatic heterocycles. The van der Waals surface area contributed by atoms with Gasteiger partial charge in [0.25, 0.3) is 0 Å². The van der Waals surface area contributed by atoms with Gasteiger partial charge in [-0.2, -0.15) is 0 Å². The maximum atomic E-state index is 4.48. The quantitative estimate of drug-likeness (QED) is 0.867. The molecule has 3 nitrogen and oxygen atoms in total. The van der Waals surface area contributed by atoms with Crippen molar-refractivity contribution in [1.82, 2.24) is 15.2 Å². The van der Waals surface area contributed by atoms with Crippen LogP contribution in [0, 0.1) is 0 Å². The lowest BCUT2D eigenvalue weighted by atomic mass is 9.91. The van der Waals surface area contributed by atoms with E-state index < -0.39 is 0 Å². The van der Waals surface area contributed by atoms with Crippen LogP contribution in [0.2, 0.25) is 0 Å². The fourth-order valence-corrected chi connectivity index (χ4v) is 3.42. The molecule has 2 rings (SSSR count). The molecule has 1 aliphatic rings. The lowest BCUT2D eigenvalue weighted by Crippen LogP contribution is -2.49. The molecule has 1 N–H and O–H groups in total. The fraction of sp³-hybridized carbons (Fsp3) is 0.722. The van der Waals surface area contributed by atoms with Gasteiger partial charge in [-0.05, 0) is 45.0 Å². The first-order valence-corrected chi connectivity index (χ1v) is 8.64. The van der Waals surface area contributed by atoms with E-state index in [1.165, 1.54) is 50.6 Å². The zero-order chi connectivity index (χ0) is 14.9. The molecule has 1 fully saturated rings. The minimum atomic E-state index is 0.638. The first kappa shape index (κ1) is 16.4. The van der Waals surface area contributed by atoms with Crippen molar-refractivity contribution < 1.29 is 0 Å². The summed E-state index contributed by atoms with van der Waals surface area (Å²) in [5.41, 5.74) is 1.18. The summed E-state index contributed by atoms with van der Waals surface area (Å²) in [5.74, 6) is 0. The molecule has 21 heavy (non-hydrogen) atoms. The first-order valence-electron chi connectivity index (χ1n) is 8.64. The van der Waals surface area contributed by atoms with Gasteiger partial charge in [0.1, 0.15) is 0 Å². The van der Waals surface area contributed by atoms with Crippen LogP contribution in [-0.2, 0) is 6.54 Å². The van der Waals surface area contributed by atoms with Gasteiger partial charge in [0, 0.05) is 24.8 Å². The molecule has 0 spiro atoms. The number of aromatic nitrogens is 1. The van der Waals surface area contributed by atoms with E-state index in [1.54, 1.807) is 0 Å². The molecule has 1 saturated carbocycles. The third-order valence-electron chi connectivity index (χ3n) is 4.59. The molecule has 1 aliphatic carbocycles. The Kier molecular flexibility index (Phi) is 7.17. The van der Waals surface area contributed by atoms with Crippen LogP contribution in [0.4, 0.5) is 0 Å². The third kappa shape index (κ3) is 5.40. The van der Waals surface area contributed by atoms with Crippen LogP contribution in [0.5, 0.6) is 0 Å². The molecule has 3 heteroatoms. The van der Waals surface area contributed by atoms with Crippen LogP contribution in [-0.4, -0.2) is 35.6 Å². The summed E-state index contributed by atoms with van der Waals surface area (Å²) in [6, 6.07) is 7.48. The molecule has 0 amide bonds. The summed E-state index contributed by atoms with van der Waals surface area (Å²) in [4.78, 5) is 7.00. The van der Waals surface area contributed by atoms with E-state index in [0.717, 1.165) is 13.1 Å². The fourth-order valence-electron chi connectivity index (χ4n) is 3.42. The number of rotatable bonds is 6. The Hall–Kier alpha value is -0.930. The Morgan fingerprint density at radius 1 is 1.19 bits per heavy atom. The van der Waals surface area contributed by atoms with E-state index in [2.05, 4.69) is 41.3 Å². The molecule has 0 radical (unpaired) electrons. The van der Waals surface area contributed by atoms with Crippen molar-refractivity contribution >= 4 is 0 Å². The molecule has 2 atom stereocenters. The summed E-state index contributed by atoms with van der Waals surface area (Å²) in [6.45, 7) is 4.34. The largest absolute Gasteiger partial charge is 0.312 e. The highest BCUT2D eigenvalue weighted by molar-refractivity contribution is 5.03. The van der Waals surface area contributed by atoms with E-state index in [0.29, 0.717) is 12.1 Å². The van der Waals surface area contributed by atoms with Crippen molar-refractivity contribution in [2.75, 3.05) is 13.6 Å². The summed E-state index contributed by atoms with van der Waals surface area (Å²) in [5, 5.41) is 3.79. The Labute approximate surface area is 130 Å². The van der Waals surface area contributed by atoms with Gasteiger partial charge in [-0.1, -0.05) is 38.7 Å². The summed E-state index contributed by atoms with van der Waals surface area (Å²) in [6.07, 6.45) is 11.3. The summed E-state index contributed by atoms with van der Waals surface area (Å²) < 4.78 is 0. The molecule has 0 aromatic carbocycles. The predicted octanol–water partition coefficient (Wildman–Crippen LogP) is 3.60. The second-order valence-electron chi connectivity index (χ2n) is 6.36. The highest BCUT2D eigenvalue weighted by Gasteiger charge is 2.25. The molecule has 0 saturated heterocycles. The van der Waals surface area contributed by atoms with Gasteiger partial charge >= 0.3 is 0 Å². The number of nitrogens with one attached hydrogen (secondary N) is 1. The maximum Gasteiger partial charge on any atom is 0.0543 e. The average molecular weight is 289 g/mol. The van der Waals surface area contributed by atoms with Gasteiger partial charge in [0.05, 0.1) is 5.69 Å². The lowest BCUT2D eigenvalue weighted by molar-refractivity contribution is 0.155. The molecule has 1 aromatic rings. The van der Waals surface area contributed by atoms with Gasteiger partial charge in [0.2, 0.25) is 0 Å². The van der Waals surface area contributed by atoms with Crippen molar-refractivity contribution in [1.29, 1.82) is 0 Å². The third-order valence-corrected chi connectivity index (χ3v) is 4.59. The number of hydrogen-bond donors (Lipinski definition) is 1. The molecule has 1 heterocycles. The number of nitrogens with zero attached hydrogens (tertiary/aromatic N) is 2. The zero-order valence-corrected chi connectivity index (χ0v) is 13.7. The molecule has 0 bridgehead atoms. The highest BCUT2D eigenvalue weighted by atomic mass is 15.2. The van der Waals surface area contributed by atoms with Gasteiger partial charge in [-0.3, -0.25) is 9.88 Å². The Morgan fingerprint density at radius 2 is 2.00 bits per heavy atom. The van der Waals surface area contributed by atoms with Crippen LogP contribution < -0.4 is 5.32 Å². The monoisotopic (exact) mass is 289 g/mol. The van der Waals surface area contributed by atoms with Crippen molar-refractivity contribution in [2.45, 2.75) is 70.5 Å². The second-order valence-corrected chi connectivity index (χ2v) is 6.36. The molecule has 2 unspecified atom stereocenters. The Morgan fingerprint density at radius 3 is 2.71 bits per heavy atom. The lowest BCUT2D eigenvalue weighted by Gasteiger charge is -2.36. The van der Waals surface area contributed by atoms with Crippen molar-refractivity contribution in [2.24, 2.45) is 0 Å². The maximum absolute atomic E-state index is 4.48. The van der Waals surface area contributed by atoms with Crippen LogP contribution in [0.1, 0.15) is 57.6 Å². The number of pyridine rings is 1. The van der Waals surface area contributed by atoms with Crippen LogP contribution in [0.15, 0.2) is 24.4 Å². The smallest absolute Gasteiger partial charge is 0.0543 e. The molecular formula is C18H31N3. The molecule has 118 valence electrons. The van der Waals surface area contributed by atoms with Crippen molar-refractivity contribution in [3.63, 3.8) is 0 Å². The topological polar surface area (TPSA) is 28.2 Å². The SMILES string of the molecule is CCCNC1CCCCCCC1N(C)Cc1ccccn1. The number of likely N-dealkylation sites (N-methyl/N-ethyl adjacent to an activating group) is 1.